The van der Waals surface area contributed by atoms with Crippen LogP contribution in [0, 0.1) is 6.92 Å². The summed E-state index contributed by atoms with van der Waals surface area (Å²) in [6, 6.07) is 13.9. The molecular weight excluding hydrogens is 402 g/mol. The van der Waals surface area contributed by atoms with Crippen molar-refractivity contribution in [3.63, 3.8) is 0 Å². The molecule has 0 unspecified atom stereocenters. The van der Waals surface area contributed by atoms with Gasteiger partial charge in [0.05, 0.1) is 11.5 Å². The summed E-state index contributed by atoms with van der Waals surface area (Å²) in [5, 5.41) is 0. The minimum Gasteiger partial charge on any atom is -0.490 e. The van der Waals surface area contributed by atoms with E-state index in [1.54, 1.807) is 11.0 Å². The minimum atomic E-state index is -0.0995. The third-order valence-electron chi connectivity index (χ3n) is 4.27. The number of ether oxygens (including phenoxy) is 2. The number of hydrogen-bond acceptors (Lipinski definition) is 5. The van der Waals surface area contributed by atoms with Gasteiger partial charge in [-0.2, -0.15) is 0 Å². The number of thiocarbonyl (C=S) groups is 1. The van der Waals surface area contributed by atoms with Gasteiger partial charge in [-0.25, -0.2) is 0 Å². The van der Waals surface area contributed by atoms with E-state index < -0.39 is 0 Å². The quantitative estimate of drug-likeness (QED) is 0.323. The first kappa shape index (κ1) is 21.1. The van der Waals surface area contributed by atoms with Crippen molar-refractivity contribution in [3.05, 3.63) is 76.7 Å². The molecule has 0 aliphatic carbocycles. The Kier molecular flexibility index (Phi) is 7.12. The number of amides is 1. The third kappa shape index (κ3) is 5.28. The number of carbonyl (C=O) groups excluding carboxylic acids is 1. The second-order valence-corrected chi connectivity index (χ2v) is 8.17. The Balaban J connectivity index is 1.78. The van der Waals surface area contributed by atoms with Crippen LogP contribution in [0.5, 0.6) is 11.5 Å². The van der Waals surface area contributed by atoms with E-state index in [-0.39, 0.29) is 5.91 Å². The van der Waals surface area contributed by atoms with Crippen molar-refractivity contribution in [2.45, 2.75) is 20.5 Å². The van der Waals surface area contributed by atoms with Crippen LogP contribution >= 0.6 is 24.0 Å². The van der Waals surface area contributed by atoms with Gasteiger partial charge >= 0.3 is 0 Å². The van der Waals surface area contributed by atoms with Crippen LogP contribution in [0.25, 0.3) is 6.08 Å². The first-order valence-electron chi connectivity index (χ1n) is 9.33. The second-order valence-electron chi connectivity index (χ2n) is 6.49. The van der Waals surface area contributed by atoms with Gasteiger partial charge in [-0.05, 0) is 43.2 Å². The van der Waals surface area contributed by atoms with Crippen molar-refractivity contribution in [2.75, 3.05) is 13.2 Å². The van der Waals surface area contributed by atoms with E-state index in [0.29, 0.717) is 40.5 Å². The molecule has 0 atom stereocenters. The monoisotopic (exact) mass is 425 g/mol. The minimum absolute atomic E-state index is 0.0995. The van der Waals surface area contributed by atoms with Gasteiger partial charge in [0, 0.05) is 6.54 Å². The van der Waals surface area contributed by atoms with E-state index in [0.717, 1.165) is 11.1 Å². The number of aryl methyl sites for hydroxylation is 1. The molecule has 0 bridgehead atoms. The summed E-state index contributed by atoms with van der Waals surface area (Å²) in [5.74, 6) is 1.22. The highest BCUT2D eigenvalue weighted by Gasteiger charge is 2.31. The molecule has 0 radical (unpaired) electrons. The average Bonchev–Trinajstić information content (AvgIpc) is 2.97. The van der Waals surface area contributed by atoms with E-state index in [4.69, 9.17) is 21.7 Å². The first-order chi connectivity index (χ1) is 14.0. The topological polar surface area (TPSA) is 38.8 Å². The third-order valence-corrected chi connectivity index (χ3v) is 5.64. The molecule has 1 heterocycles. The summed E-state index contributed by atoms with van der Waals surface area (Å²) in [5.41, 5.74) is 3.16. The fourth-order valence-corrected chi connectivity index (χ4v) is 4.06. The number of hydrogen-bond donors (Lipinski definition) is 0. The molecule has 0 spiro atoms. The summed E-state index contributed by atoms with van der Waals surface area (Å²) < 4.78 is 12.3. The Bertz CT molecular complexity index is 951. The van der Waals surface area contributed by atoms with Crippen molar-refractivity contribution in [1.82, 2.24) is 4.90 Å². The first-order valence-corrected chi connectivity index (χ1v) is 10.6. The lowest BCUT2D eigenvalue weighted by Gasteiger charge is -2.13. The molecule has 2 aromatic rings. The summed E-state index contributed by atoms with van der Waals surface area (Å²) >= 11 is 6.59. The van der Waals surface area contributed by atoms with Crippen molar-refractivity contribution in [1.29, 1.82) is 0 Å². The molecule has 3 rings (SSSR count). The fraction of sp³-hybridized carbons (Fsp3) is 0.217. The van der Waals surface area contributed by atoms with E-state index >= 15 is 0 Å². The predicted octanol–water partition coefficient (Wildman–Crippen LogP) is 5.36. The highest BCUT2D eigenvalue weighted by atomic mass is 32.2. The number of carbonyl (C=O) groups is 1. The zero-order valence-electron chi connectivity index (χ0n) is 16.5. The molecule has 0 aromatic heterocycles. The Labute approximate surface area is 181 Å². The number of nitrogens with zero attached hydrogens (tertiary/aromatic N) is 1. The standard InChI is InChI=1S/C23H23NO3S2/c1-4-12-24-22(25)21(29-23(24)28)14-18-10-11-19(20(13-18)26-5-2)27-15-17-8-6-16(3)7-9-17/h4,6-11,13-14H,1,5,12,15H2,2-3H3/b21-14+. The Hall–Kier alpha value is -2.57. The average molecular weight is 426 g/mol. The van der Waals surface area contributed by atoms with Gasteiger partial charge in [0.25, 0.3) is 5.91 Å². The second kappa shape index (κ2) is 9.76. The zero-order valence-corrected chi connectivity index (χ0v) is 18.1. The van der Waals surface area contributed by atoms with Crippen LogP contribution in [-0.2, 0) is 11.4 Å². The highest BCUT2D eigenvalue weighted by molar-refractivity contribution is 8.26. The lowest BCUT2D eigenvalue weighted by Crippen LogP contribution is -2.27. The van der Waals surface area contributed by atoms with E-state index in [1.165, 1.54) is 17.3 Å². The molecule has 1 amide bonds. The molecule has 150 valence electrons. The number of benzene rings is 2. The van der Waals surface area contributed by atoms with Gasteiger partial charge in [0.2, 0.25) is 0 Å². The van der Waals surface area contributed by atoms with Gasteiger partial charge in [0.1, 0.15) is 10.9 Å². The molecule has 6 heteroatoms. The van der Waals surface area contributed by atoms with Gasteiger partial charge in [-0.3, -0.25) is 9.69 Å². The van der Waals surface area contributed by atoms with Crippen molar-refractivity contribution in [3.8, 4) is 11.5 Å². The molecule has 29 heavy (non-hydrogen) atoms. The van der Waals surface area contributed by atoms with Crippen LogP contribution in [0.4, 0.5) is 0 Å². The lowest BCUT2D eigenvalue weighted by molar-refractivity contribution is -0.121. The normalized spacial score (nSPS) is 15.1. The van der Waals surface area contributed by atoms with Crippen molar-refractivity contribution < 1.29 is 14.3 Å². The molecular formula is C23H23NO3S2. The predicted molar refractivity (Wildman–Crippen MR) is 123 cm³/mol. The van der Waals surface area contributed by atoms with Crippen LogP contribution in [0.3, 0.4) is 0 Å². The van der Waals surface area contributed by atoms with Crippen molar-refractivity contribution >= 4 is 40.3 Å². The zero-order chi connectivity index (χ0) is 20.8. The van der Waals surface area contributed by atoms with E-state index in [9.17, 15) is 4.79 Å². The molecule has 2 aromatic carbocycles. The maximum absolute atomic E-state index is 12.5. The SMILES string of the molecule is C=CCN1C(=O)/C(=C\c2ccc(OCc3ccc(C)cc3)c(OCC)c2)SC1=S. The van der Waals surface area contributed by atoms with E-state index in [2.05, 4.69) is 37.8 Å². The van der Waals surface area contributed by atoms with Gasteiger partial charge < -0.3 is 9.47 Å². The van der Waals surface area contributed by atoms with Crippen LogP contribution in [-0.4, -0.2) is 28.3 Å². The maximum Gasteiger partial charge on any atom is 0.266 e. The van der Waals surface area contributed by atoms with Gasteiger partial charge in [0.15, 0.2) is 11.5 Å². The molecule has 0 saturated carbocycles. The highest BCUT2D eigenvalue weighted by Crippen LogP contribution is 2.35. The molecule has 1 fully saturated rings. The number of thioether (sulfide) groups is 1. The van der Waals surface area contributed by atoms with Crippen LogP contribution in [0.1, 0.15) is 23.6 Å². The van der Waals surface area contributed by atoms with Crippen LogP contribution < -0.4 is 9.47 Å². The van der Waals surface area contributed by atoms with Gasteiger partial charge in [-0.1, -0.05) is 66.0 Å². The molecule has 0 N–H and O–H groups in total. The number of rotatable bonds is 8. The smallest absolute Gasteiger partial charge is 0.266 e. The van der Waals surface area contributed by atoms with E-state index in [1.807, 2.05) is 31.2 Å². The largest absolute Gasteiger partial charge is 0.490 e. The molecule has 1 aliphatic heterocycles. The fourth-order valence-electron chi connectivity index (χ4n) is 2.79. The van der Waals surface area contributed by atoms with Crippen LogP contribution in [0.15, 0.2) is 60.0 Å². The molecule has 1 saturated heterocycles. The Morgan fingerprint density at radius 2 is 1.90 bits per heavy atom. The molecule has 1 aliphatic rings. The summed E-state index contributed by atoms with van der Waals surface area (Å²) in [6.45, 7) is 9.05. The van der Waals surface area contributed by atoms with Crippen molar-refractivity contribution in [2.24, 2.45) is 0 Å². The Morgan fingerprint density at radius 1 is 1.14 bits per heavy atom. The summed E-state index contributed by atoms with van der Waals surface area (Å²) in [6.07, 6.45) is 3.50. The summed E-state index contributed by atoms with van der Waals surface area (Å²) in [7, 11) is 0. The van der Waals surface area contributed by atoms with Gasteiger partial charge in [-0.15, -0.1) is 6.58 Å². The maximum atomic E-state index is 12.5. The lowest BCUT2D eigenvalue weighted by atomic mass is 10.1. The summed E-state index contributed by atoms with van der Waals surface area (Å²) in [4.78, 5) is 14.7. The molecule has 4 nitrogen and oxygen atoms in total. The Morgan fingerprint density at radius 3 is 2.59 bits per heavy atom. The van der Waals surface area contributed by atoms with Crippen LogP contribution in [0.2, 0.25) is 0 Å².